The largest absolute Gasteiger partial charge is 0.381 e. The maximum atomic E-state index is 5.42. The fourth-order valence-electron chi connectivity index (χ4n) is 2.19. The molecule has 1 aliphatic heterocycles. The van der Waals surface area contributed by atoms with Gasteiger partial charge in [0, 0.05) is 37.5 Å². The number of anilines is 1. The Hall–Kier alpha value is -0.810. The number of nitrogens with zero attached hydrogens (tertiary/aromatic N) is 2. The third kappa shape index (κ3) is 3.83. The van der Waals surface area contributed by atoms with Crippen LogP contribution in [0.5, 0.6) is 0 Å². The van der Waals surface area contributed by atoms with E-state index in [0.717, 1.165) is 55.6 Å². The summed E-state index contributed by atoms with van der Waals surface area (Å²) in [4.78, 5) is 9.31. The highest BCUT2D eigenvalue weighted by Crippen LogP contribution is 2.32. The Morgan fingerprint density at radius 2 is 2.05 bits per heavy atom. The first kappa shape index (κ1) is 14.6. The van der Waals surface area contributed by atoms with Gasteiger partial charge < -0.3 is 10.1 Å². The minimum atomic E-state index is 0.626. The van der Waals surface area contributed by atoms with Crippen LogP contribution in [0.1, 0.15) is 37.6 Å². The average molecular weight is 281 g/mol. The molecular formula is C14H23N3OS. The summed E-state index contributed by atoms with van der Waals surface area (Å²) in [5, 5.41) is 4.94. The molecule has 0 atom stereocenters. The summed E-state index contributed by atoms with van der Waals surface area (Å²) >= 11 is 1.89. The van der Waals surface area contributed by atoms with Gasteiger partial charge in [0.25, 0.3) is 0 Å². The molecule has 19 heavy (non-hydrogen) atoms. The van der Waals surface area contributed by atoms with Gasteiger partial charge in [0.15, 0.2) is 0 Å². The predicted molar refractivity (Wildman–Crippen MR) is 80.0 cm³/mol. The Balaban J connectivity index is 2.18. The third-order valence-corrected chi connectivity index (χ3v) is 4.73. The molecular weight excluding hydrogens is 258 g/mol. The van der Waals surface area contributed by atoms with Crippen molar-refractivity contribution in [1.29, 1.82) is 0 Å². The lowest BCUT2D eigenvalue weighted by molar-refractivity contribution is 0.1000. The first-order valence-corrected chi connectivity index (χ1v) is 7.92. The molecule has 2 rings (SSSR count). The number of aryl methyl sites for hydroxylation is 1. The predicted octanol–water partition coefficient (Wildman–Crippen LogP) is 3.05. The highest BCUT2D eigenvalue weighted by molar-refractivity contribution is 7.99. The van der Waals surface area contributed by atoms with Crippen molar-refractivity contribution in [3.05, 3.63) is 11.4 Å². The van der Waals surface area contributed by atoms with Crippen molar-refractivity contribution in [2.45, 2.75) is 49.8 Å². The molecule has 1 fully saturated rings. The van der Waals surface area contributed by atoms with E-state index in [-0.39, 0.29) is 0 Å². The molecule has 0 unspecified atom stereocenters. The molecule has 2 heterocycles. The van der Waals surface area contributed by atoms with Gasteiger partial charge in [-0.25, -0.2) is 9.97 Å². The standard InChI is InChI=1S/C14H23N3OS/c1-4-5-12-16-13(15-3)10(2)14(17-12)19-11-6-8-18-9-7-11/h11H,4-9H2,1-3H3,(H,15,16,17). The van der Waals surface area contributed by atoms with E-state index in [4.69, 9.17) is 9.72 Å². The number of hydrogen-bond donors (Lipinski definition) is 1. The van der Waals surface area contributed by atoms with Gasteiger partial charge in [-0.1, -0.05) is 6.92 Å². The van der Waals surface area contributed by atoms with Crippen LogP contribution in [0.3, 0.4) is 0 Å². The molecule has 0 bridgehead atoms. The lowest BCUT2D eigenvalue weighted by Gasteiger charge is -2.22. The van der Waals surface area contributed by atoms with E-state index in [1.54, 1.807) is 0 Å². The third-order valence-electron chi connectivity index (χ3n) is 3.30. The van der Waals surface area contributed by atoms with E-state index < -0.39 is 0 Å². The summed E-state index contributed by atoms with van der Waals surface area (Å²) in [6.07, 6.45) is 4.25. The van der Waals surface area contributed by atoms with Crippen LogP contribution < -0.4 is 5.32 Å². The highest BCUT2D eigenvalue weighted by atomic mass is 32.2. The number of thioether (sulfide) groups is 1. The first-order valence-electron chi connectivity index (χ1n) is 7.04. The van der Waals surface area contributed by atoms with E-state index >= 15 is 0 Å². The second-order valence-corrected chi connectivity index (χ2v) is 6.14. The molecule has 0 saturated carbocycles. The van der Waals surface area contributed by atoms with Gasteiger partial charge in [-0.05, 0) is 26.2 Å². The normalized spacial score (nSPS) is 16.6. The number of rotatable bonds is 5. The Morgan fingerprint density at radius 3 is 2.68 bits per heavy atom. The number of nitrogens with one attached hydrogen (secondary N) is 1. The van der Waals surface area contributed by atoms with E-state index in [1.807, 2.05) is 18.8 Å². The van der Waals surface area contributed by atoms with Gasteiger partial charge in [0.2, 0.25) is 0 Å². The Morgan fingerprint density at radius 1 is 1.32 bits per heavy atom. The second kappa shape index (κ2) is 7.10. The van der Waals surface area contributed by atoms with Crippen molar-refractivity contribution >= 4 is 17.6 Å². The van der Waals surface area contributed by atoms with Gasteiger partial charge in [0.05, 0.1) is 0 Å². The SMILES string of the molecule is CCCc1nc(NC)c(C)c(SC2CCOCC2)n1. The van der Waals surface area contributed by atoms with Crippen molar-refractivity contribution in [2.24, 2.45) is 0 Å². The lowest BCUT2D eigenvalue weighted by Crippen LogP contribution is -2.18. The van der Waals surface area contributed by atoms with E-state index in [1.165, 1.54) is 5.56 Å². The Kier molecular flexibility index (Phi) is 5.45. The molecule has 1 aromatic heterocycles. The molecule has 4 nitrogen and oxygen atoms in total. The van der Waals surface area contributed by atoms with E-state index in [0.29, 0.717) is 5.25 Å². The Labute approximate surface area is 119 Å². The summed E-state index contributed by atoms with van der Waals surface area (Å²) < 4.78 is 5.42. The van der Waals surface area contributed by atoms with Gasteiger partial charge in [0.1, 0.15) is 16.7 Å². The van der Waals surface area contributed by atoms with Crippen LogP contribution >= 0.6 is 11.8 Å². The van der Waals surface area contributed by atoms with Gasteiger partial charge >= 0.3 is 0 Å². The van der Waals surface area contributed by atoms with Gasteiger partial charge in [-0.2, -0.15) is 0 Å². The zero-order chi connectivity index (χ0) is 13.7. The zero-order valence-corrected chi connectivity index (χ0v) is 12.8. The van der Waals surface area contributed by atoms with Crippen LogP contribution in [-0.2, 0) is 11.2 Å². The summed E-state index contributed by atoms with van der Waals surface area (Å²) in [5.74, 6) is 1.92. The molecule has 1 aromatic rings. The summed E-state index contributed by atoms with van der Waals surface area (Å²) in [7, 11) is 1.92. The first-order chi connectivity index (χ1) is 9.24. The highest BCUT2D eigenvalue weighted by Gasteiger charge is 2.18. The van der Waals surface area contributed by atoms with Gasteiger partial charge in [-0.15, -0.1) is 11.8 Å². The molecule has 1 aliphatic rings. The van der Waals surface area contributed by atoms with Gasteiger partial charge in [-0.3, -0.25) is 0 Å². The van der Waals surface area contributed by atoms with Crippen LogP contribution in [0.25, 0.3) is 0 Å². The Bertz CT molecular complexity index is 419. The van der Waals surface area contributed by atoms with Crippen LogP contribution in [0.4, 0.5) is 5.82 Å². The molecule has 0 amide bonds. The quantitative estimate of drug-likeness (QED) is 0.841. The zero-order valence-electron chi connectivity index (χ0n) is 12.0. The molecule has 1 N–H and O–H groups in total. The minimum absolute atomic E-state index is 0.626. The molecule has 0 aromatic carbocycles. The molecule has 0 spiro atoms. The molecule has 106 valence electrons. The number of ether oxygens (including phenoxy) is 1. The van der Waals surface area contributed by atoms with Crippen molar-refractivity contribution in [3.63, 3.8) is 0 Å². The fourth-order valence-corrected chi connectivity index (χ4v) is 3.36. The molecule has 1 saturated heterocycles. The van der Waals surface area contributed by atoms with Crippen LogP contribution in [0, 0.1) is 6.92 Å². The lowest BCUT2D eigenvalue weighted by atomic mass is 10.2. The summed E-state index contributed by atoms with van der Waals surface area (Å²) in [6, 6.07) is 0. The molecule has 0 radical (unpaired) electrons. The van der Waals surface area contributed by atoms with Crippen LogP contribution in [0.2, 0.25) is 0 Å². The van der Waals surface area contributed by atoms with Crippen LogP contribution in [-0.4, -0.2) is 35.5 Å². The smallest absolute Gasteiger partial charge is 0.133 e. The van der Waals surface area contributed by atoms with Crippen molar-refractivity contribution in [2.75, 3.05) is 25.6 Å². The average Bonchev–Trinajstić information content (AvgIpc) is 2.43. The topological polar surface area (TPSA) is 47.0 Å². The van der Waals surface area contributed by atoms with Crippen molar-refractivity contribution in [3.8, 4) is 0 Å². The maximum absolute atomic E-state index is 5.42. The van der Waals surface area contributed by atoms with E-state index in [2.05, 4.69) is 24.1 Å². The monoisotopic (exact) mass is 281 g/mol. The molecule has 0 aliphatic carbocycles. The summed E-state index contributed by atoms with van der Waals surface area (Å²) in [6.45, 7) is 6.02. The second-order valence-electron chi connectivity index (χ2n) is 4.85. The van der Waals surface area contributed by atoms with Crippen molar-refractivity contribution in [1.82, 2.24) is 9.97 Å². The van der Waals surface area contributed by atoms with E-state index in [9.17, 15) is 0 Å². The number of hydrogen-bond acceptors (Lipinski definition) is 5. The molecule has 5 heteroatoms. The fraction of sp³-hybridized carbons (Fsp3) is 0.714. The van der Waals surface area contributed by atoms with Crippen LogP contribution in [0.15, 0.2) is 5.03 Å². The maximum Gasteiger partial charge on any atom is 0.133 e. The number of aromatic nitrogens is 2. The minimum Gasteiger partial charge on any atom is -0.381 e. The van der Waals surface area contributed by atoms with Crippen molar-refractivity contribution < 1.29 is 4.74 Å². The summed E-state index contributed by atoms with van der Waals surface area (Å²) in [5.41, 5.74) is 1.17.